The second-order valence-electron chi connectivity index (χ2n) is 12.3. The molecule has 5 heteroatoms. The topological polar surface area (TPSA) is 76.3 Å². The normalized spacial score (nSPS) is 11.1. The van der Waals surface area contributed by atoms with E-state index < -0.39 is 8.07 Å². The SMILES string of the molecule is N#Cc1cc(-c2ccccc2[Si](c2ccccc2)(c2ccccc2)c2ccccc2)cc(-n2c3ccc(C#N)cc3c3cc(C#N)ccc32)c1. The lowest BCUT2D eigenvalue weighted by Gasteiger charge is -2.36. The number of fused-ring (bicyclic) bond motifs is 3. The molecule has 0 saturated carbocycles. The van der Waals surface area contributed by atoms with Crippen LogP contribution in [0.2, 0.25) is 0 Å². The maximum absolute atomic E-state index is 10.4. The molecule has 0 aliphatic heterocycles. The monoisotopic (exact) mass is 652 g/mol. The van der Waals surface area contributed by atoms with Gasteiger partial charge in [0.05, 0.1) is 45.9 Å². The van der Waals surface area contributed by atoms with Gasteiger partial charge >= 0.3 is 0 Å². The molecular weight excluding hydrogens is 625 g/mol. The third-order valence-electron chi connectivity index (χ3n) is 9.59. The molecule has 8 rings (SSSR count). The fourth-order valence-corrected chi connectivity index (χ4v) is 12.5. The van der Waals surface area contributed by atoms with Crippen LogP contribution in [0.25, 0.3) is 38.6 Å². The van der Waals surface area contributed by atoms with E-state index in [2.05, 4.69) is 144 Å². The summed E-state index contributed by atoms with van der Waals surface area (Å²) in [5.74, 6) is 0. The molecule has 0 amide bonds. The molecule has 0 aliphatic rings. The zero-order valence-electron chi connectivity index (χ0n) is 27.0. The van der Waals surface area contributed by atoms with Crippen molar-refractivity contribution in [2.75, 3.05) is 0 Å². The van der Waals surface area contributed by atoms with Crippen molar-refractivity contribution in [3.63, 3.8) is 0 Å². The number of hydrogen-bond acceptors (Lipinski definition) is 3. The Morgan fingerprint density at radius 2 is 0.880 bits per heavy atom. The Morgan fingerprint density at radius 1 is 0.420 bits per heavy atom. The first-order chi connectivity index (χ1) is 24.6. The van der Waals surface area contributed by atoms with Gasteiger partial charge in [0.1, 0.15) is 0 Å². The van der Waals surface area contributed by atoms with Crippen molar-refractivity contribution < 1.29 is 0 Å². The quantitative estimate of drug-likeness (QED) is 0.138. The Morgan fingerprint density at radius 3 is 1.36 bits per heavy atom. The summed E-state index contributed by atoms with van der Waals surface area (Å²) in [5, 5.41) is 36.7. The van der Waals surface area contributed by atoms with Crippen LogP contribution >= 0.6 is 0 Å². The maximum Gasteiger partial charge on any atom is 0.180 e. The molecule has 0 radical (unpaired) electrons. The first-order valence-electron chi connectivity index (χ1n) is 16.4. The summed E-state index contributed by atoms with van der Waals surface area (Å²) in [6.45, 7) is 0. The minimum atomic E-state index is -2.90. The molecule has 0 bridgehead atoms. The molecule has 0 unspecified atom stereocenters. The van der Waals surface area contributed by atoms with Gasteiger partial charge in [-0.3, -0.25) is 0 Å². The van der Waals surface area contributed by atoms with Gasteiger partial charge in [-0.15, -0.1) is 0 Å². The van der Waals surface area contributed by atoms with Crippen LogP contribution in [0.3, 0.4) is 0 Å². The van der Waals surface area contributed by atoms with E-state index in [0.29, 0.717) is 16.7 Å². The molecule has 8 aromatic rings. The van der Waals surface area contributed by atoms with Crippen molar-refractivity contribution in [1.82, 2.24) is 4.57 Å². The molecule has 0 saturated heterocycles. The van der Waals surface area contributed by atoms with Gasteiger partial charge in [-0.2, -0.15) is 15.8 Å². The maximum atomic E-state index is 10.4. The van der Waals surface area contributed by atoms with Crippen molar-refractivity contribution in [2.24, 2.45) is 0 Å². The minimum absolute atomic E-state index is 0.538. The average Bonchev–Trinajstić information content (AvgIpc) is 3.52. The number of rotatable bonds is 6. The molecule has 0 aliphatic carbocycles. The predicted molar refractivity (Wildman–Crippen MR) is 204 cm³/mol. The first-order valence-corrected chi connectivity index (χ1v) is 18.4. The molecule has 232 valence electrons. The highest BCUT2D eigenvalue weighted by Gasteiger charge is 2.42. The highest BCUT2D eigenvalue weighted by molar-refractivity contribution is 7.20. The van der Waals surface area contributed by atoms with Crippen molar-refractivity contribution in [3.8, 4) is 35.0 Å². The fourth-order valence-electron chi connectivity index (χ4n) is 7.49. The third kappa shape index (κ3) is 4.88. The summed E-state index contributed by atoms with van der Waals surface area (Å²) in [4.78, 5) is 0. The van der Waals surface area contributed by atoms with Gasteiger partial charge in [0, 0.05) is 16.5 Å². The molecule has 7 aromatic carbocycles. The predicted octanol–water partition coefficient (Wildman–Crippen LogP) is 7.44. The molecule has 0 fully saturated rings. The summed E-state index contributed by atoms with van der Waals surface area (Å²) in [6.07, 6.45) is 0. The van der Waals surface area contributed by atoms with Crippen molar-refractivity contribution >= 4 is 50.6 Å². The van der Waals surface area contributed by atoms with Crippen LogP contribution in [-0.2, 0) is 0 Å². The van der Waals surface area contributed by atoms with Crippen LogP contribution in [0, 0.1) is 34.0 Å². The molecule has 0 N–H and O–H groups in total. The lowest BCUT2D eigenvalue weighted by Crippen LogP contribution is -2.75. The van der Waals surface area contributed by atoms with Gasteiger partial charge in [-0.25, -0.2) is 0 Å². The van der Waals surface area contributed by atoms with E-state index in [-0.39, 0.29) is 0 Å². The lowest BCUT2D eigenvalue weighted by molar-refractivity contribution is 1.18. The van der Waals surface area contributed by atoms with E-state index in [9.17, 15) is 15.8 Å². The van der Waals surface area contributed by atoms with Gasteiger partial charge in [-0.1, -0.05) is 115 Å². The minimum Gasteiger partial charge on any atom is -0.309 e. The Balaban J connectivity index is 1.45. The molecular formula is C45H28N4Si. The molecule has 0 atom stereocenters. The second kappa shape index (κ2) is 12.6. The van der Waals surface area contributed by atoms with Crippen molar-refractivity contribution in [2.45, 2.75) is 0 Å². The van der Waals surface area contributed by atoms with Crippen LogP contribution < -0.4 is 20.7 Å². The van der Waals surface area contributed by atoms with Gasteiger partial charge in [-0.05, 0) is 86.5 Å². The average molecular weight is 653 g/mol. The summed E-state index contributed by atoms with van der Waals surface area (Å²) in [5.41, 5.74) is 6.24. The number of nitriles is 3. The molecule has 50 heavy (non-hydrogen) atoms. The largest absolute Gasteiger partial charge is 0.309 e. The first kappa shape index (κ1) is 30.4. The zero-order chi connectivity index (χ0) is 34.1. The third-order valence-corrected chi connectivity index (χ3v) is 14.4. The zero-order valence-corrected chi connectivity index (χ0v) is 28.0. The Hall–Kier alpha value is -6.97. The van der Waals surface area contributed by atoms with Crippen molar-refractivity contribution in [1.29, 1.82) is 15.8 Å². The Labute approximate surface area is 291 Å². The highest BCUT2D eigenvalue weighted by Crippen LogP contribution is 2.35. The number of hydrogen-bond donors (Lipinski definition) is 0. The summed E-state index contributed by atoms with van der Waals surface area (Å²) in [7, 11) is -2.90. The van der Waals surface area contributed by atoms with Crippen LogP contribution in [0.5, 0.6) is 0 Å². The molecule has 4 nitrogen and oxygen atoms in total. The molecule has 1 aromatic heterocycles. The van der Waals surface area contributed by atoms with Crippen molar-refractivity contribution in [3.05, 3.63) is 187 Å². The summed E-state index contributed by atoms with van der Waals surface area (Å²) in [6, 6.07) is 65.4. The number of nitrogens with zero attached hydrogens (tertiary/aromatic N) is 4. The number of benzene rings is 7. The Kier molecular flexibility index (Phi) is 7.63. The Bertz CT molecular complexity index is 2510. The fraction of sp³-hybridized carbons (Fsp3) is 0. The lowest BCUT2D eigenvalue weighted by atomic mass is 10.0. The van der Waals surface area contributed by atoms with Gasteiger partial charge in [0.25, 0.3) is 0 Å². The molecule has 1 heterocycles. The van der Waals surface area contributed by atoms with Gasteiger partial charge < -0.3 is 4.57 Å². The highest BCUT2D eigenvalue weighted by atomic mass is 28.3. The van der Waals surface area contributed by atoms with Crippen LogP contribution in [0.15, 0.2) is 170 Å². The van der Waals surface area contributed by atoms with E-state index in [1.807, 2.05) is 48.5 Å². The number of aromatic nitrogens is 1. The van der Waals surface area contributed by atoms with Gasteiger partial charge in [0.15, 0.2) is 8.07 Å². The second-order valence-corrected chi connectivity index (χ2v) is 16.1. The summed E-state index contributed by atoms with van der Waals surface area (Å²) >= 11 is 0. The summed E-state index contributed by atoms with van der Waals surface area (Å²) < 4.78 is 2.14. The van der Waals surface area contributed by atoms with E-state index in [4.69, 9.17) is 0 Å². The van der Waals surface area contributed by atoms with E-state index in [1.54, 1.807) is 0 Å². The van der Waals surface area contributed by atoms with E-state index in [0.717, 1.165) is 38.6 Å². The smallest absolute Gasteiger partial charge is 0.180 e. The van der Waals surface area contributed by atoms with Crippen LogP contribution in [0.1, 0.15) is 16.7 Å². The van der Waals surface area contributed by atoms with Gasteiger partial charge in [0.2, 0.25) is 0 Å². The van der Waals surface area contributed by atoms with Crippen LogP contribution in [0.4, 0.5) is 0 Å². The van der Waals surface area contributed by atoms with E-state index in [1.165, 1.54) is 20.7 Å². The molecule has 0 spiro atoms. The van der Waals surface area contributed by atoms with Crippen LogP contribution in [-0.4, -0.2) is 12.6 Å². The van der Waals surface area contributed by atoms with E-state index >= 15 is 0 Å². The standard InChI is InChI=1S/C45H28N4Si/c46-29-32-20-22-43-41(26-32)42-27-33(30-47)21-23-44(42)49(43)36-25-34(31-48)24-35(28-36)40-18-10-11-19-45(40)50(37-12-4-1-5-13-37,38-14-6-2-7-15-38)39-16-8-3-9-17-39/h1-28H.